The maximum absolute atomic E-state index is 12.6. The molecule has 0 aromatic heterocycles. The summed E-state index contributed by atoms with van der Waals surface area (Å²) in [6, 6.07) is 15.6. The standard InChI is InChI=1S/C19H20N2O4/c1-25-15-9-7-14(8-10-15)21-18(23)11-16(19(21)24)20-12-17(22)13-5-3-2-4-6-13/h2-10,16-17,20,22H,11-12H2,1H3/p+1/t16-,17+/m0/s1. The van der Waals surface area contributed by atoms with Gasteiger partial charge in [0.1, 0.15) is 18.4 Å². The van der Waals surface area contributed by atoms with Crippen molar-refractivity contribution in [2.45, 2.75) is 18.6 Å². The summed E-state index contributed by atoms with van der Waals surface area (Å²) in [4.78, 5) is 26.0. The zero-order chi connectivity index (χ0) is 17.8. The van der Waals surface area contributed by atoms with E-state index in [4.69, 9.17) is 4.74 Å². The van der Waals surface area contributed by atoms with Gasteiger partial charge in [0, 0.05) is 0 Å². The van der Waals surface area contributed by atoms with Crippen molar-refractivity contribution < 1.29 is 24.7 Å². The summed E-state index contributed by atoms with van der Waals surface area (Å²) in [5, 5.41) is 12.0. The number of aliphatic hydroxyl groups is 1. The highest BCUT2D eigenvalue weighted by Gasteiger charge is 2.42. The van der Waals surface area contributed by atoms with Gasteiger partial charge in [0.15, 0.2) is 6.04 Å². The molecule has 1 fully saturated rings. The SMILES string of the molecule is COc1ccc(N2C(=O)C[C@H]([NH2+]C[C@@H](O)c3ccccc3)C2=O)cc1. The summed E-state index contributed by atoms with van der Waals surface area (Å²) in [6.07, 6.45) is -0.550. The third-order valence-corrected chi connectivity index (χ3v) is 4.34. The number of methoxy groups -OCH3 is 1. The third kappa shape index (κ3) is 3.70. The summed E-state index contributed by atoms with van der Waals surface area (Å²) in [5.74, 6) is 0.179. The Morgan fingerprint density at radius 2 is 1.84 bits per heavy atom. The molecule has 0 saturated carbocycles. The number of hydrogen-bond acceptors (Lipinski definition) is 4. The second kappa shape index (κ2) is 7.46. The normalized spacial score (nSPS) is 18.5. The fourth-order valence-electron chi connectivity index (χ4n) is 2.95. The molecule has 130 valence electrons. The minimum Gasteiger partial charge on any atom is -0.497 e. The summed E-state index contributed by atoms with van der Waals surface area (Å²) in [7, 11) is 1.56. The van der Waals surface area contributed by atoms with Gasteiger partial charge in [-0.3, -0.25) is 9.59 Å². The molecule has 2 aromatic carbocycles. The lowest BCUT2D eigenvalue weighted by Crippen LogP contribution is -2.92. The van der Waals surface area contributed by atoms with Crippen molar-refractivity contribution in [3.63, 3.8) is 0 Å². The predicted molar refractivity (Wildman–Crippen MR) is 92.1 cm³/mol. The minimum atomic E-state index is -0.681. The minimum absolute atomic E-state index is 0.131. The summed E-state index contributed by atoms with van der Waals surface area (Å²) in [6.45, 7) is 0.324. The fraction of sp³-hybridized carbons (Fsp3) is 0.263. The zero-order valence-electron chi connectivity index (χ0n) is 14.0. The van der Waals surface area contributed by atoms with Crippen LogP contribution in [-0.4, -0.2) is 36.6 Å². The van der Waals surface area contributed by atoms with Crippen molar-refractivity contribution in [2.75, 3.05) is 18.6 Å². The molecule has 25 heavy (non-hydrogen) atoms. The van der Waals surface area contributed by atoms with Gasteiger partial charge in [-0.25, -0.2) is 4.90 Å². The van der Waals surface area contributed by atoms with Gasteiger partial charge in [0.2, 0.25) is 5.91 Å². The van der Waals surface area contributed by atoms with E-state index in [-0.39, 0.29) is 18.2 Å². The molecule has 1 heterocycles. The van der Waals surface area contributed by atoms with Crippen LogP contribution in [0.25, 0.3) is 0 Å². The molecular formula is C19H21N2O4+. The Hall–Kier alpha value is -2.70. The number of nitrogens with zero attached hydrogens (tertiary/aromatic N) is 1. The highest BCUT2D eigenvalue weighted by Crippen LogP contribution is 2.24. The van der Waals surface area contributed by atoms with Crippen LogP contribution in [0.3, 0.4) is 0 Å². The van der Waals surface area contributed by atoms with E-state index < -0.39 is 12.1 Å². The first-order chi connectivity index (χ1) is 12.1. The monoisotopic (exact) mass is 341 g/mol. The molecule has 2 atom stereocenters. The molecule has 1 aliphatic heterocycles. The first kappa shape index (κ1) is 17.1. The topological polar surface area (TPSA) is 83.4 Å². The molecule has 0 radical (unpaired) electrons. The van der Waals surface area contributed by atoms with Crippen molar-refractivity contribution in [3.8, 4) is 5.75 Å². The molecule has 3 rings (SSSR count). The lowest BCUT2D eigenvalue weighted by molar-refractivity contribution is -0.681. The Bertz CT molecular complexity index is 746. The van der Waals surface area contributed by atoms with Gasteiger partial charge >= 0.3 is 0 Å². The van der Waals surface area contributed by atoms with Crippen LogP contribution in [0, 0.1) is 0 Å². The van der Waals surface area contributed by atoms with E-state index in [1.165, 1.54) is 4.90 Å². The van der Waals surface area contributed by atoms with Gasteiger partial charge in [-0.05, 0) is 29.8 Å². The molecule has 6 heteroatoms. The Kier molecular flexibility index (Phi) is 5.11. The van der Waals surface area contributed by atoms with Gasteiger partial charge in [0.25, 0.3) is 5.91 Å². The summed E-state index contributed by atoms with van der Waals surface area (Å²) < 4.78 is 5.09. The second-order valence-corrected chi connectivity index (χ2v) is 5.97. The first-order valence-electron chi connectivity index (χ1n) is 8.17. The zero-order valence-corrected chi connectivity index (χ0v) is 14.0. The number of amides is 2. The van der Waals surface area contributed by atoms with Crippen LogP contribution in [0.4, 0.5) is 5.69 Å². The van der Waals surface area contributed by atoms with Crippen molar-refractivity contribution in [1.29, 1.82) is 0 Å². The lowest BCUT2D eigenvalue weighted by Gasteiger charge is -2.15. The quantitative estimate of drug-likeness (QED) is 0.755. The van der Waals surface area contributed by atoms with E-state index in [0.717, 1.165) is 5.56 Å². The first-order valence-corrected chi connectivity index (χ1v) is 8.17. The van der Waals surface area contributed by atoms with E-state index >= 15 is 0 Å². The molecule has 3 N–H and O–H groups in total. The predicted octanol–water partition coefficient (Wildman–Crippen LogP) is 0.624. The van der Waals surface area contributed by atoms with E-state index in [1.54, 1.807) is 36.7 Å². The third-order valence-electron chi connectivity index (χ3n) is 4.34. The Labute approximate surface area is 146 Å². The Morgan fingerprint density at radius 3 is 2.48 bits per heavy atom. The van der Waals surface area contributed by atoms with Crippen LogP contribution >= 0.6 is 0 Å². The van der Waals surface area contributed by atoms with Gasteiger partial charge in [-0.15, -0.1) is 0 Å². The smallest absolute Gasteiger partial charge is 0.292 e. The number of rotatable bonds is 6. The van der Waals surface area contributed by atoms with Crippen molar-refractivity contribution in [2.24, 2.45) is 0 Å². The van der Waals surface area contributed by atoms with Gasteiger partial charge in [-0.2, -0.15) is 0 Å². The molecule has 0 aliphatic carbocycles. The maximum atomic E-state index is 12.6. The van der Waals surface area contributed by atoms with Gasteiger partial charge in [-0.1, -0.05) is 30.3 Å². The molecule has 0 bridgehead atoms. The van der Waals surface area contributed by atoms with E-state index in [9.17, 15) is 14.7 Å². The Balaban J connectivity index is 1.64. The van der Waals surface area contributed by atoms with Crippen LogP contribution < -0.4 is 15.0 Å². The number of benzene rings is 2. The fourth-order valence-corrected chi connectivity index (χ4v) is 2.95. The highest BCUT2D eigenvalue weighted by molar-refractivity contribution is 6.21. The van der Waals surface area contributed by atoms with Gasteiger partial charge < -0.3 is 15.2 Å². The van der Waals surface area contributed by atoms with Crippen LogP contribution in [0.2, 0.25) is 0 Å². The molecule has 1 aliphatic rings. The largest absolute Gasteiger partial charge is 0.497 e. The van der Waals surface area contributed by atoms with Crippen LogP contribution in [0.15, 0.2) is 54.6 Å². The van der Waals surface area contributed by atoms with Gasteiger partial charge in [0.05, 0.1) is 19.2 Å². The number of nitrogens with two attached hydrogens (primary N) is 1. The molecule has 1 saturated heterocycles. The summed E-state index contributed by atoms with van der Waals surface area (Å²) in [5.41, 5.74) is 1.33. The van der Waals surface area contributed by atoms with E-state index in [0.29, 0.717) is 18.0 Å². The van der Waals surface area contributed by atoms with Crippen molar-refractivity contribution in [1.82, 2.24) is 0 Å². The van der Waals surface area contributed by atoms with Crippen LogP contribution in [0.1, 0.15) is 18.1 Å². The number of anilines is 1. The summed E-state index contributed by atoms with van der Waals surface area (Å²) >= 11 is 0. The molecule has 2 amide bonds. The molecular weight excluding hydrogens is 320 g/mol. The number of ether oxygens (including phenoxy) is 1. The van der Waals surface area contributed by atoms with Crippen LogP contribution in [0.5, 0.6) is 5.75 Å². The van der Waals surface area contributed by atoms with E-state index in [1.807, 2.05) is 30.3 Å². The molecule has 0 spiro atoms. The molecule has 6 nitrogen and oxygen atoms in total. The van der Waals surface area contributed by atoms with Crippen molar-refractivity contribution in [3.05, 3.63) is 60.2 Å². The average Bonchev–Trinajstić information content (AvgIpc) is 2.94. The lowest BCUT2D eigenvalue weighted by atomic mass is 10.1. The highest BCUT2D eigenvalue weighted by atomic mass is 16.5. The molecule has 0 unspecified atom stereocenters. The number of carbonyl (C=O) groups excluding carboxylic acids is 2. The van der Waals surface area contributed by atoms with Crippen LogP contribution in [-0.2, 0) is 9.59 Å². The number of quaternary nitrogens is 1. The van der Waals surface area contributed by atoms with E-state index in [2.05, 4.69) is 0 Å². The average molecular weight is 341 g/mol. The number of hydrogen-bond donors (Lipinski definition) is 2. The number of aliphatic hydroxyl groups excluding tert-OH is 1. The number of carbonyl (C=O) groups is 2. The molecule has 2 aromatic rings. The Morgan fingerprint density at radius 1 is 1.16 bits per heavy atom. The van der Waals surface area contributed by atoms with Crippen molar-refractivity contribution >= 4 is 17.5 Å². The number of imide groups is 1. The second-order valence-electron chi connectivity index (χ2n) is 5.97. The maximum Gasteiger partial charge on any atom is 0.292 e.